The number of fused-ring (bicyclic) bond motifs is 5. The Bertz CT molecular complexity index is 941. The first-order valence-corrected chi connectivity index (χ1v) is 18.4. The van der Waals surface area contributed by atoms with E-state index < -0.39 is 12.9 Å². The molecule has 0 spiro atoms. The van der Waals surface area contributed by atoms with Gasteiger partial charge in [0, 0.05) is 0 Å². The Morgan fingerprint density at radius 1 is 1.03 bits per heavy atom. The summed E-state index contributed by atoms with van der Waals surface area (Å²) in [7, 11) is -3.24. The van der Waals surface area contributed by atoms with Crippen LogP contribution in [0.1, 0.15) is 132 Å². The molecule has 5 heteroatoms. The number of rotatable bonds is 10. The van der Waals surface area contributed by atoms with Crippen molar-refractivity contribution in [3.63, 3.8) is 0 Å². The van der Waals surface area contributed by atoms with Crippen LogP contribution in [0, 0.1) is 46.3 Å². The fourth-order valence-corrected chi connectivity index (χ4v) is 12.7. The van der Waals surface area contributed by atoms with Crippen LogP contribution in [-0.4, -0.2) is 24.5 Å². The Balaban J connectivity index is 1.27. The Kier molecular flexibility index (Phi) is 8.94. The minimum absolute atomic E-state index is 0.00823. The van der Waals surface area contributed by atoms with E-state index in [-0.39, 0.29) is 11.5 Å². The molecule has 3 saturated carbocycles. The summed E-state index contributed by atoms with van der Waals surface area (Å²) in [6.07, 6.45) is 18.8. The molecule has 1 N–H and O–H groups in total. The zero-order valence-electron chi connectivity index (χ0n) is 26.4. The van der Waals surface area contributed by atoms with Crippen LogP contribution in [-0.2, 0) is 13.6 Å². The summed E-state index contributed by atoms with van der Waals surface area (Å²) in [4.78, 5) is 0. The van der Waals surface area contributed by atoms with E-state index in [1.165, 1.54) is 57.8 Å². The number of hydrogen-bond acceptors (Lipinski definition) is 4. The van der Waals surface area contributed by atoms with E-state index >= 15 is 0 Å². The SMILES string of the molecule is CCOP(=O)(O[C@H]1CC[C@@]2(C)C(=CC[C@H]3[C@@H]4CC[C@H]([C@H](C)CCCC(C)C)[C@@]4(C)CC[C@@H]32)C1)C1(C)CCCN1. The first-order chi connectivity index (χ1) is 18.5. The summed E-state index contributed by atoms with van der Waals surface area (Å²) in [6, 6.07) is 0. The molecule has 39 heavy (non-hydrogen) atoms. The standard InChI is InChI=1S/C34H60NO3P/c1-8-37-39(36,34(7)19-10-22-35-34)38-27-17-20-32(5)26(23-27)13-14-28-30-16-15-29(25(4)12-9-11-24(2)3)33(30,6)21-18-31(28)32/h13,24-25,27-31,35H,8-12,14-23H2,1-7H3/t25-,27+,28+,29-,30+,31+,32+,33-,34?,39?/m1/s1. The van der Waals surface area contributed by atoms with Crippen molar-refractivity contribution in [2.45, 2.75) is 143 Å². The minimum Gasteiger partial charge on any atom is -0.308 e. The molecule has 1 heterocycles. The van der Waals surface area contributed by atoms with Gasteiger partial charge in [-0.2, -0.15) is 0 Å². The van der Waals surface area contributed by atoms with Crippen LogP contribution in [0.2, 0.25) is 0 Å². The van der Waals surface area contributed by atoms with Crippen LogP contribution in [0.3, 0.4) is 0 Å². The van der Waals surface area contributed by atoms with Gasteiger partial charge in [-0.15, -0.1) is 0 Å². The Morgan fingerprint density at radius 3 is 2.51 bits per heavy atom. The molecule has 0 aromatic heterocycles. The Morgan fingerprint density at radius 2 is 1.82 bits per heavy atom. The van der Waals surface area contributed by atoms with E-state index in [4.69, 9.17) is 9.05 Å². The predicted octanol–water partition coefficient (Wildman–Crippen LogP) is 9.74. The van der Waals surface area contributed by atoms with Gasteiger partial charge < -0.3 is 14.4 Å². The van der Waals surface area contributed by atoms with Crippen molar-refractivity contribution in [3.05, 3.63) is 11.6 Å². The molecule has 1 saturated heterocycles. The zero-order chi connectivity index (χ0) is 28.1. The molecule has 0 aromatic rings. The van der Waals surface area contributed by atoms with Crippen molar-refractivity contribution in [3.8, 4) is 0 Å². The molecule has 4 nitrogen and oxygen atoms in total. The molecule has 0 bridgehead atoms. The van der Waals surface area contributed by atoms with Gasteiger partial charge in [0.15, 0.2) is 0 Å². The molecule has 4 fully saturated rings. The lowest BCUT2D eigenvalue weighted by molar-refractivity contribution is -0.0567. The lowest BCUT2D eigenvalue weighted by Crippen LogP contribution is -2.51. The lowest BCUT2D eigenvalue weighted by atomic mass is 9.47. The average Bonchev–Trinajstić information content (AvgIpc) is 3.48. The minimum atomic E-state index is -3.24. The van der Waals surface area contributed by atoms with Gasteiger partial charge in [0.25, 0.3) is 0 Å². The second-order valence-electron chi connectivity index (χ2n) is 15.5. The molecule has 5 rings (SSSR count). The molecule has 1 aliphatic heterocycles. The smallest absolute Gasteiger partial charge is 0.308 e. The van der Waals surface area contributed by atoms with Crippen molar-refractivity contribution < 1.29 is 13.6 Å². The summed E-state index contributed by atoms with van der Waals surface area (Å²) in [6.45, 7) is 17.9. The Hall–Kier alpha value is -0.150. The van der Waals surface area contributed by atoms with Crippen molar-refractivity contribution in [1.82, 2.24) is 5.32 Å². The normalized spacial score (nSPS) is 44.3. The largest absolute Gasteiger partial charge is 0.350 e. The van der Waals surface area contributed by atoms with E-state index in [1.54, 1.807) is 5.57 Å². The highest BCUT2D eigenvalue weighted by molar-refractivity contribution is 7.55. The van der Waals surface area contributed by atoms with Crippen molar-refractivity contribution in [2.24, 2.45) is 46.3 Å². The third-order valence-corrected chi connectivity index (χ3v) is 15.6. The first kappa shape index (κ1) is 30.3. The molecule has 10 atom stereocenters. The van der Waals surface area contributed by atoms with Crippen LogP contribution in [0.25, 0.3) is 0 Å². The van der Waals surface area contributed by atoms with Gasteiger partial charge >= 0.3 is 7.60 Å². The monoisotopic (exact) mass is 561 g/mol. The van der Waals surface area contributed by atoms with Crippen molar-refractivity contribution in [2.75, 3.05) is 13.2 Å². The first-order valence-electron chi connectivity index (χ1n) is 16.8. The average molecular weight is 562 g/mol. The lowest BCUT2D eigenvalue weighted by Gasteiger charge is -2.58. The van der Waals surface area contributed by atoms with E-state index in [0.29, 0.717) is 12.0 Å². The van der Waals surface area contributed by atoms with Gasteiger partial charge in [0.2, 0.25) is 0 Å². The van der Waals surface area contributed by atoms with Crippen LogP contribution >= 0.6 is 7.60 Å². The topological polar surface area (TPSA) is 47.6 Å². The summed E-state index contributed by atoms with van der Waals surface area (Å²) < 4.78 is 26.6. The van der Waals surface area contributed by atoms with E-state index in [9.17, 15) is 4.57 Å². The fraction of sp³-hybridized carbons (Fsp3) is 0.941. The van der Waals surface area contributed by atoms with E-state index in [2.05, 4.69) is 46.0 Å². The maximum Gasteiger partial charge on any atom is 0.350 e. The van der Waals surface area contributed by atoms with Gasteiger partial charge in [-0.05, 0) is 131 Å². The van der Waals surface area contributed by atoms with E-state index in [0.717, 1.165) is 67.7 Å². The molecule has 5 aliphatic rings. The van der Waals surface area contributed by atoms with Gasteiger partial charge in [-0.25, -0.2) is 0 Å². The summed E-state index contributed by atoms with van der Waals surface area (Å²) in [5.74, 6) is 5.15. The molecular formula is C34H60NO3P. The third-order valence-electron chi connectivity index (χ3n) is 12.8. The molecule has 0 amide bonds. The predicted molar refractivity (Wildman–Crippen MR) is 163 cm³/mol. The van der Waals surface area contributed by atoms with Crippen molar-refractivity contribution in [1.29, 1.82) is 0 Å². The highest BCUT2D eigenvalue weighted by Crippen LogP contribution is 2.69. The van der Waals surface area contributed by atoms with Gasteiger partial charge in [-0.3, -0.25) is 4.57 Å². The van der Waals surface area contributed by atoms with Gasteiger partial charge in [0.05, 0.1) is 12.7 Å². The van der Waals surface area contributed by atoms with E-state index in [1.807, 2.05) is 13.8 Å². The molecule has 4 aliphatic carbocycles. The second-order valence-corrected chi connectivity index (χ2v) is 17.9. The highest BCUT2D eigenvalue weighted by atomic mass is 31.2. The molecule has 2 unspecified atom stereocenters. The quantitative estimate of drug-likeness (QED) is 0.213. The van der Waals surface area contributed by atoms with Gasteiger partial charge in [-0.1, -0.05) is 65.5 Å². The third kappa shape index (κ3) is 5.41. The fourth-order valence-electron chi connectivity index (χ4n) is 10.5. The van der Waals surface area contributed by atoms with Crippen LogP contribution in [0.5, 0.6) is 0 Å². The van der Waals surface area contributed by atoms with Crippen molar-refractivity contribution >= 4 is 7.60 Å². The molecule has 0 aromatic carbocycles. The Labute approximate surface area is 240 Å². The molecular weight excluding hydrogens is 501 g/mol. The van der Waals surface area contributed by atoms with Crippen LogP contribution in [0.4, 0.5) is 0 Å². The summed E-state index contributed by atoms with van der Waals surface area (Å²) in [5, 5.41) is 2.93. The van der Waals surface area contributed by atoms with Gasteiger partial charge in [0.1, 0.15) is 5.28 Å². The highest BCUT2D eigenvalue weighted by Gasteiger charge is 2.59. The molecule has 0 radical (unpaired) electrons. The van der Waals surface area contributed by atoms with Crippen LogP contribution < -0.4 is 5.32 Å². The number of nitrogens with one attached hydrogen (secondary N) is 1. The number of hydrogen-bond donors (Lipinski definition) is 1. The van der Waals surface area contributed by atoms with Crippen LogP contribution in [0.15, 0.2) is 11.6 Å². The summed E-state index contributed by atoms with van der Waals surface area (Å²) in [5.41, 5.74) is 2.43. The number of allylic oxidation sites excluding steroid dienone is 1. The molecule has 224 valence electrons. The maximum atomic E-state index is 14.1. The second kappa shape index (κ2) is 11.5. The zero-order valence-corrected chi connectivity index (χ0v) is 27.3. The summed E-state index contributed by atoms with van der Waals surface area (Å²) >= 11 is 0. The maximum absolute atomic E-state index is 14.1.